The molecule has 6 heteroatoms. The highest BCUT2D eigenvalue weighted by Crippen LogP contribution is 2.27. The van der Waals surface area contributed by atoms with Gasteiger partial charge in [0.15, 0.2) is 5.69 Å². The number of hydrogen-bond donors (Lipinski definition) is 1. The van der Waals surface area contributed by atoms with Crippen molar-refractivity contribution in [3.05, 3.63) is 48.2 Å². The van der Waals surface area contributed by atoms with Crippen molar-refractivity contribution < 1.29 is 4.79 Å². The zero-order chi connectivity index (χ0) is 17.4. The molecule has 3 aromatic rings. The second-order valence-corrected chi connectivity index (χ2v) is 7.01. The van der Waals surface area contributed by atoms with Crippen molar-refractivity contribution in [2.45, 2.75) is 38.6 Å². The molecule has 25 heavy (non-hydrogen) atoms. The molecule has 1 saturated heterocycles. The third-order valence-corrected chi connectivity index (χ3v) is 4.97. The number of carbonyl (C=O) groups is 1. The van der Waals surface area contributed by atoms with Crippen molar-refractivity contribution in [2.24, 2.45) is 0 Å². The maximum absolute atomic E-state index is 13.0. The first-order valence-electron chi connectivity index (χ1n) is 8.90. The van der Waals surface area contributed by atoms with Crippen molar-refractivity contribution in [2.75, 3.05) is 13.1 Å². The molecule has 1 fully saturated rings. The fourth-order valence-electron chi connectivity index (χ4n) is 3.72. The number of H-pyrrole nitrogens is 1. The Morgan fingerprint density at radius 3 is 3.00 bits per heavy atom. The zero-order valence-electron chi connectivity index (χ0n) is 14.6. The quantitative estimate of drug-likeness (QED) is 0.797. The molecular weight excluding hydrogens is 314 g/mol. The smallest absolute Gasteiger partial charge is 0.275 e. The second kappa shape index (κ2) is 6.35. The average molecular weight is 337 g/mol. The van der Waals surface area contributed by atoms with Gasteiger partial charge in [-0.05, 0) is 18.9 Å². The van der Waals surface area contributed by atoms with Crippen LogP contribution in [0.3, 0.4) is 0 Å². The van der Waals surface area contributed by atoms with Crippen LogP contribution < -0.4 is 0 Å². The third kappa shape index (κ3) is 2.81. The van der Waals surface area contributed by atoms with Crippen LogP contribution in [-0.4, -0.2) is 43.6 Å². The number of amides is 1. The van der Waals surface area contributed by atoms with Gasteiger partial charge in [0.05, 0.1) is 11.6 Å². The van der Waals surface area contributed by atoms with E-state index in [9.17, 15) is 4.79 Å². The lowest BCUT2D eigenvalue weighted by Crippen LogP contribution is -2.41. The van der Waals surface area contributed by atoms with Crippen LogP contribution in [0.2, 0.25) is 0 Å². The van der Waals surface area contributed by atoms with Gasteiger partial charge in [0.25, 0.3) is 5.91 Å². The van der Waals surface area contributed by atoms with Crippen molar-refractivity contribution in [1.29, 1.82) is 0 Å². The molecule has 2 aromatic heterocycles. The molecule has 0 bridgehead atoms. The van der Waals surface area contributed by atoms with E-state index in [1.807, 2.05) is 41.6 Å². The predicted octanol–water partition coefficient (Wildman–Crippen LogP) is 3.36. The maximum Gasteiger partial charge on any atom is 0.275 e. The minimum atomic E-state index is 0.00774. The summed E-state index contributed by atoms with van der Waals surface area (Å²) in [6.45, 7) is 5.79. The van der Waals surface area contributed by atoms with Crippen LogP contribution in [0.1, 0.15) is 55.0 Å². The molecule has 0 aliphatic carbocycles. The lowest BCUT2D eigenvalue weighted by molar-refractivity contribution is 0.0673. The van der Waals surface area contributed by atoms with Crippen molar-refractivity contribution in [1.82, 2.24) is 24.6 Å². The van der Waals surface area contributed by atoms with Crippen molar-refractivity contribution >= 4 is 16.8 Å². The Morgan fingerprint density at radius 2 is 2.16 bits per heavy atom. The molecule has 6 nitrogen and oxygen atoms in total. The largest absolute Gasteiger partial charge is 0.335 e. The van der Waals surface area contributed by atoms with Gasteiger partial charge < -0.3 is 9.47 Å². The molecule has 1 aliphatic rings. The van der Waals surface area contributed by atoms with Crippen molar-refractivity contribution in [3.8, 4) is 0 Å². The summed E-state index contributed by atoms with van der Waals surface area (Å²) in [6.07, 6.45) is 5.96. The van der Waals surface area contributed by atoms with E-state index in [1.165, 1.54) is 0 Å². The molecule has 0 spiro atoms. The van der Waals surface area contributed by atoms with Crippen LogP contribution in [0, 0.1) is 0 Å². The van der Waals surface area contributed by atoms with Gasteiger partial charge in [-0.2, -0.15) is 5.10 Å². The van der Waals surface area contributed by atoms with Crippen LogP contribution in [0.15, 0.2) is 36.7 Å². The summed E-state index contributed by atoms with van der Waals surface area (Å²) in [7, 11) is 0. The summed E-state index contributed by atoms with van der Waals surface area (Å²) in [6, 6.07) is 8.05. The molecule has 0 radical (unpaired) electrons. The van der Waals surface area contributed by atoms with Crippen LogP contribution in [0.4, 0.5) is 0 Å². The molecule has 1 aromatic carbocycles. The lowest BCUT2D eigenvalue weighted by atomic mass is 10.0. The first-order chi connectivity index (χ1) is 12.1. The molecule has 130 valence electrons. The van der Waals surface area contributed by atoms with E-state index in [2.05, 4.69) is 33.6 Å². The van der Waals surface area contributed by atoms with Gasteiger partial charge in [0.2, 0.25) is 0 Å². The van der Waals surface area contributed by atoms with Gasteiger partial charge in [-0.15, -0.1) is 0 Å². The predicted molar refractivity (Wildman–Crippen MR) is 96.6 cm³/mol. The number of likely N-dealkylation sites (tertiary alicyclic amines) is 1. The van der Waals surface area contributed by atoms with E-state index < -0.39 is 0 Å². The topological polar surface area (TPSA) is 66.8 Å². The Bertz CT molecular complexity index is 894. The minimum Gasteiger partial charge on any atom is -0.335 e. The number of rotatable bonds is 3. The molecule has 0 saturated carbocycles. The number of benzene rings is 1. The Balaban J connectivity index is 1.59. The number of para-hydroxylation sites is 1. The summed E-state index contributed by atoms with van der Waals surface area (Å²) < 4.78 is 2.24. The summed E-state index contributed by atoms with van der Waals surface area (Å²) in [5, 5.41) is 8.12. The molecule has 1 atom stereocenters. The number of aromatic nitrogens is 4. The Morgan fingerprint density at radius 1 is 1.32 bits per heavy atom. The summed E-state index contributed by atoms with van der Waals surface area (Å²) in [5.41, 5.74) is 1.42. The minimum absolute atomic E-state index is 0.00774. The van der Waals surface area contributed by atoms with Crippen LogP contribution in [0.25, 0.3) is 10.9 Å². The van der Waals surface area contributed by atoms with Crippen LogP contribution in [0.5, 0.6) is 0 Å². The number of imidazole rings is 1. The van der Waals surface area contributed by atoms with E-state index in [1.54, 1.807) is 0 Å². The molecule has 3 heterocycles. The first-order valence-corrected chi connectivity index (χ1v) is 8.90. The summed E-state index contributed by atoms with van der Waals surface area (Å²) in [4.78, 5) is 19.5. The number of carbonyl (C=O) groups excluding carboxylic acids is 1. The molecule has 1 amide bonds. The highest BCUT2D eigenvalue weighted by molar-refractivity contribution is 6.04. The normalized spacial score (nSPS) is 18.2. The van der Waals surface area contributed by atoms with E-state index in [0.717, 1.165) is 36.1 Å². The Hall–Kier alpha value is -2.63. The molecule has 4 rings (SSSR count). The van der Waals surface area contributed by atoms with Gasteiger partial charge in [-0.25, -0.2) is 4.98 Å². The van der Waals surface area contributed by atoms with E-state index in [4.69, 9.17) is 0 Å². The molecule has 1 unspecified atom stereocenters. The fourth-order valence-corrected chi connectivity index (χ4v) is 3.72. The number of fused-ring (bicyclic) bond motifs is 1. The van der Waals surface area contributed by atoms with Crippen LogP contribution >= 0.6 is 0 Å². The van der Waals surface area contributed by atoms with Gasteiger partial charge in [0, 0.05) is 36.8 Å². The number of aromatic amines is 1. The molecular formula is C19H23N5O. The lowest BCUT2D eigenvalue weighted by Gasteiger charge is -2.34. The SMILES string of the molecule is CC(C)c1nccn1C1CCCN(C(=O)c2n[nH]c3ccccc23)C1. The van der Waals surface area contributed by atoms with Gasteiger partial charge in [-0.1, -0.05) is 32.0 Å². The maximum atomic E-state index is 13.0. The molecule has 1 aliphatic heterocycles. The molecule has 1 N–H and O–H groups in total. The zero-order valence-corrected chi connectivity index (χ0v) is 14.6. The summed E-state index contributed by atoms with van der Waals surface area (Å²) in [5.74, 6) is 1.47. The highest BCUT2D eigenvalue weighted by atomic mass is 16.2. The average Bonchev–Trinajstić information content (AvgIpc) is 3.28. The second-order valence-electron chi connectivity index (χ2n) is 7.01. The fraction of sp³-hybridized carbons (Fsp3) is 0.421. The number of piperidine rings is 1. The van der Waals surface area contributed by atoms with E-state index in [0.29, 0.717) is 18.2 Å². The van der Waals surface area contributed by atoms with Crippen LogP contribution in [-0.2, 0) is 0 Å². The Labute approximate surface area is 146 Å². The number of nitrogens with one attached hydrogen (secondary N) is 1. The monoisotopic (exact) mass is 337 g/mol. The Kier molecular flexibility index (Phi) is 4.03. The summed E-state index contributed by atoms with van der Waals surface area (Å²) >= 11 is 0. The van der Waals surface area contributed by atoms with Gasteiger partial charge >= 0.3 is 0 Å². The van der Waals surface area contributed by atoms with Crippen molar-refractivity contribution in [3.63, 3.8) is 0 Å². The standard InChI is InChI=1S/C19H23N5O/c1-13(2)18-20-9-11-24(18)14-6-5-10-23(12-14)19(25)17-15-7-3-4-8-16(15)21-22-17/h3-4,7-9,11,13-14H,5-6,10,12H2,1-2H3,(H,21,22). The highest BCUT2D eigenvalue weighted by Gasteiger charge is 2.28. The van der Waals surface area contributed by atoms with Gasteiger partial charge in [-0.3, -0.25) is 9.89 Å². The first kappa shape index (κ1) is 15.9. The van der Waals surface area contributed by atoms with Gasteiger partial charge in [0.1, 0.15) is 5.82 Å². The third-order valence-electron chi connectivity index (χ3n) is 4.97. The number of nitrogens with zero attached hydrogens (tertiary/aromatic N) is 4. The van der Waals surface area contributed by atoms with E-state index >= 15 is 0 Å². The number of hydrogen-bond acceptors (Lipinski definition) is 3. The van der Waals surface area contributed by atoms with E-state index in [-0.39, 0.29) is 11.9 Å².